The van der Waals surface area contributed by atoms with Crippen molar-refractivity contribution >= 4 is 34.7 Å². The molecule has 0 spiro atoms. The summed E-state index contributed by atoms with van der Waals surface area (Å²) in [4.78, 5) is 12.2. The molecule has 0 aliphatic rings. The van der Waals surface area contributed by atoms with E-state index in [0.29, 0.717) is 40.9 Å². The molecule has 3 rings (SSSR count). The molecule has 0 aromatic heterocycles. The SMILES string of the molecule is COc1cc(NCc2ccc(/C=C\C(=O)Nc3cccc(N)c3N)cc2)cc(OC)c1OC. The number of hydrogen-bond donors (Lipinski definition) is 4. The lowest BCUT2D eigenvalue weighted by Gasteiger charge is -2.15. The van der Waals surface area contributed by atoms with E-state index in [0.717, 1.165) is 16.8 Å². The third-order valence-electron chi connectivity index (χ3n) is 4.97. The van der Waals surface area contributed by atoms with Gasteiger partial charge in [0, 0.05) is 30.4 Å². The molecular weight excluding hydrogens is 420 g/mol. The van der Waals surface area contributed by atoms with Crippen LogP contribution in [0.25, 0.3) is 6.08 Å². The van der Waals surface area contributed by atoms with Crippen molar-refractivity contribution in [3.05, 3.63) is 71.8 Å². The summed E-state index contributed by atoms with van der Waals surface area (Å²) in [6, 6.07) is 16.7. The lowest BCUT2D eigenvalue weighted by molar-refractivity contribution is -0.111. The van der Waals surface area contributed by atoms with Crippen molar-refractivity contribution in [3.63, 3.8) is 0 Å². The fourth-order valence-electron chi connectivity index (χ4n) is 3.17. The molecule has 8 heteroatoms. The molecule has 1 amide bonds. The summed E-state index contributed by atoms with van der Waals surface area (Å²) < 4.78 is 16.1. The van der Waals surface area contributed by atoms with Crippen LogP contribution in [0.15, 0.2) is 60.7 Å². The van der Waals surface area contributed by atoms with Gasteiger partial charge in [0.25, 0.3) is 0 Å². The van der Waals surface area contributed by atoms with Crippen molar-refractivity contribution in [3.8, 4) is 17.2 Å². The summed E-state index contributed by atoms with van der Waals surface area (Å²) in [7, 11) is 4.73. The lowest BCUT2D eigenvalue weighted by Crippen LogP contribution is -2.10. The first-order valence-corrected chi connectivity index (χ1v) is 10.2. The van der Waals surface area contributed by atoms with Gasteiger partial charge in [-0.3, -0.25) is 4.79 Å². The highest BCUT2D eigenvalue weighted by atomic mass is 16.5. The monoisotopic (exact) mass is 448 g/mol. The number of anilines is 4. The van der Waals surface area contributed by atoms with Crippen molar-refractivity contribution < 1.29 is 19.0 Å². The number of benzene rings is 3. The number of amides is 1. The second-order valence-corrected chi connectivity index (χ2v) is 7.14. The normalized spacial score (nSPS) is 10.6. The standard InChI is InChI=1S/C25H28N4O4/c1-31-21-13-18(14-22(32-2)25(21)33-3)28-15-17-9-7-16(8-10-17)11-12-23(30)29-20-6-4-5-19(26)24(20)27/h4-14,28H,15,26-27H2,1-3H3,(H,29,30)/b12-11-. The third kappa shape index (κ3) is 5.88. The topological polar surface area (TPSA) is 121 Å². The highest BCUT2D eigenvalue weighted by molar-refractivity contribution is 6.04. The molecule has 0 radical (unpaired) electrons. The zero-order chi connectivity index (χ0) is 23.8. The zero-order valence-corrected chi connectivity index (χ0v) is 18.8. The molecule has 0 saturated heterocycles. The number of para-hydroxylation sites is 1. The zero-order valence-electron chi connectivity index (χ0n) is 18.8. The maximum absolute atomic E-state index is 12.2. The fraction of sp³-hybridized carbons (Fsp3) is 0.160. The predicted molar refractivity (Wildman–Crippen MR) is 133 cm³/mol. The molecule has 0 saturated carbocycles. The molecule has 0 bridgehead atoms. The second kappa shape index (κ2) is 10.8. The van der Waals surface area contributed by atoms with Crippen molar-refractivity contribution in [1.82, 2.24) is 0 Å². The van der Waals surface area contributed by atoms with Gasteiger partial charge in [-0.15, -0.1) is 0 Å². The van der Waals surface area contributed by atoms with E-state index in [4.69, 9.17) is 25.7 Å². The van der Waals surface area contributed by atoms with E-state index in [2.05, 4.69) is 10.6 Å². The second-order valence-electron chi connectivity index (χ2n) is 7.14. The Balaban J connectivity index is 1.60. The van der Waals surface area contributed by atoms with Gasteiger partial charge in [-0.05, 0) is 29.3 Å². The summed E-state index contributed by atoms with van der Waals surface area (Å²) in [6.45, 7) is 0.595. The molecule has 8 nitrogen and oxygen atoms in total. The maximum Gasteiger partial charge on any atom is 0.248 e. The predicted octanol–water partition coefficient (Wildman–Crippen LogP) is 4.14. The minimum Gasteiger partial charge on any atom is -0.493 e. The third-order valence-corrected chi connectivity index (χ3v) is 4.97. The molecule has 172 valence electrons. The number of nitrogen functional groups attached to an aromatic ring is 2. The number of carbonyl (C=O) groups is 1. The van der Waals surface area contributed by atoms with Crippen LogP contribution in [0, 0.1) is 0 Å². The number of rotatable bonds is 9. The smallest absolute Gasteiger partial charge is 0.248 e. The van der Waals surface area contributed by atoms with Crippen LogP contribution in [0.5, 0.6) is 17.2 Å². The maximum atomic E-state index is 12.2. The van der Waals surface area contributed by atoms with Crippen LogP contribution in [0.3, 0.4) is 0 Å². The van der Waals surface area contributed by atoms with Crippen molar-refractivity contribution in [1.29, 1.82) is 0 Å². The van der Waals surface area contributed by atoms with Crippen LogP contribution in [0.1, 0.15) is 11.1 Å². The Labute approximate surface area is 193 Å². The summed E-state index contributed by atoms with van der Waals surface area (Å²) in [5.41, 5.74) is 15.7. The van der Waals surface area contributed by atoms with Crippen LogP contribution in [-0.4, -0.2) is 27.2 Å². The van der Waals surface area contributed by atoms with Crippen LogP contribution in [0.4, 0.5) is 22.7 Å². The first-order chi connectivity index (χ1) is 15.9. The largest absolute Gasteiger partial charge is 0.493 e. The molecule has 6 N–H and O–H groups in total. The van der Waals surface area contributed by atoms with Crippen molar-refractivity contribution in [2.75, 3.05) is 43.4 Å². The van der Waals surface area contributed by atoms with Gasteiger partial charge >= 0.3 is 0 Å². The molecule has 0 unspecified atom stereocenters. The minimum absolute atomic E-state index is 0.291. The van der Waals surface area contributed by atoms with Gasteiger partial charge in [0.15, 0.2) is 11.5 Å². The molecule has 0 aliphatic heterocycles. The van der Waals surface area contributed by atoms with E-state index < -0.39 is 0 Å². The van der Waals surface area contributed by atoms with Crippen molar-refractivity contribution in [2.24, 2.45) is 0 Å². The number of carbonyl (C=O) groups excluding carboxylic acids is 1. The first-order valence-electron chi connectivity index (χ1n) is 10.2. The van der Waals surface area contributed by atoms with Gasteiger partial charge in [0.2, 0.25) is 11.7 Å². The number of nitrogens with one attached hydrogen (secondary N) is 2. The van der Waals surface area contributed by atoms with E-state index in [1.54, 1.807) is 45.6 Å². The Bertz CT molecular complexity index is 1120. The van der Waals surface area contributed by atoms with Gasteiger partial charge < -0.3 is 36.3 Å². The van der Waals surface area contributed by atoms with Gasteiger partial charge in [-0.2, -0.15) is 0 Å². The van der Waals surface area contributed by atoms with E-state index in [-0.39, 0.29) is 5.91 Å². The van der Waals surface area contributed by atoms with Gasteiger partial charge in [-0.1, -0.05) is 30.3 Å². The van der Waals surface area contributed by atoms with Crippen molar-refractivity contribution in [2.45, 2.75) is 6.54 Å². The van der Waals surface area contributed by atoms with Gasteiger partial charge in [-0.25, -0.2) is 0 Å². The van der Waals surface area contributed by atoms with E-state index >= 15 is 0 Å². The summed E-state index contributed by atoms with van der Waals surface area (Å²) in [6.07, 6.45) is 3.18. The molecule has 3 aromatic rings. The first kappa shape index (κ1) is 23.3. The van der Waals surface area contributed by atoms with E-state index in [1.807, 2.05) is 36.4 Å². The Morgan fingerprint density at radius 3 is 2.21 bits per heavy atom. The Morgan fingerprint density at radius 1 is 0.939 bits per heavy atom. The highest BCUT2D eigenvalue weighted by Gasteiger charge is 2.13. The van der Waals surface area contributed by atoms with Crippen LogP contribution >= 0.6 is 0 Å². The number of ether oxygens (including phenoxy) is 3. The molecule has 0 heterocycles. The molecule has 0 aliphatic carbocycles. The number of hydrogen-bond acceptors (Lipinski definition) is 7. The molecule has 33 heavy (non-hydrogen) atoms. The van der Waals surface area contributed by atoms with Gasteiger partial charge in [0.1, 0.15) is 0 Å². The van der Waals surface area contributed by atoms with E-state index in [1.165, 1.54) is 6.08 Å². The lowest BCUT2D eigenvalue weighted by atomic mass is 10.1. The fourth-order valence-corrected chi connectivity index (χ4v) is 3.17. The minimum atomic E-state index is -0.291. The van der Waals surface area contributed by atoms with Gasteiger partial charge in [0.05, 0.1) is 38.4 Å². The molecule has 0 fully saturated rings. The Hall–Kier alpha value is -4.33. The van der Waals surface area contributed by atoms with Crippen LogP contribution in [0.2, 0.25) is 0 Å². The number of methoxy groups -OCH3 is 3. The average molecular weight is 449 g/mol. The Kier molecular flexibility index (Phi) is 7.64. The average Bonchev–Trinajstić information content (AvgIpc) is 2.84. The summed E-state index contributed by atoms with van der Waals surface area (Å²) in [5, 5.41) is 6.08. The highest BCUT2D eigenvalue weighted by Crippen LogP contribution is 2.40. The molecule has 0 atom stereocenters. The Morgan fingerprint density at radius 2 is 1.61 bits per heavy atom. The van der Waals surface area contributed by atoms with Crippen LogP contribution in [-0.2, 0) is 11.3 Å². The van der Waals surface area contributed by atoms with E-state index in [9.17, 15) is 4.79 Å². The number of nitrogens with two attached hydrogens (primary N) is 2. The molecular formula is C25H28N4O4. The summed E-state index contributed by atoms with van der Waals surface area (Å²) in [5.74, 6) is 1.42. The quantitative estimate of drug-likeness (QED) is 0.287. The van der Waals surface area contributed by atoms with Crippen LogP contribution < -0.4 is 36.3 Å². The summed E-state index contributed by atoms with van der Waals surface area (Å²) >= 11 is 0. The molecule has 3 aromatic carbocycles.